The van der Waals surface area contributed by atoms with Crippen LogP contribution in [0.4, 0.5) is 5.69 Å². The third-order valence-electron chi connectivity index (χ3n) is 3.24. The van der Waals surface area contributed by atoms with Crippen LogP contribution >= 0.6 is 0 Å². The second kappa shape index (κ2) is 3.77. The lowest BCUT2D eigenvalue weighted by atomic mass is 10.0. The molecule has 1 aliphatic rings. The highest BCUT2D eigenvalue weighted by Gasteiger charge is 2.31. The van der Waals surface area contributed by atoms with Crippen molar-refractivity contribution in [3.8, 4) is 0 Å². The minimum absolute atomic E-state index is 0.0206. The van der Waals surface area contributed by atoms with Gasteiger partial charge in [-0.2, -0.15) is 0 Å². The molecule has 3 N–H and O–H groups in total. The van der Waals surface area contributed by atoms with Crippen LogP contribution in [0.1, 0.15) is 32.4 Å². The Bertz CT molecular complexity index is 394. The van der Waals surface area contributed by atoms with Gasteiger partial charge in [-0.3, -0.25) is 10.4 Å². The lowest BCUT2D eigenvalue weighted by Gasteiger charge is -2.33. The van der Waals surface area contributed by atoms with Crippen molar-refractivity contribution in [3.05, 3.63) is 24.0 Å². The molecule has 0 aliphatic carbocycles. The molecule has 2 rings (SSSR count). The first-order valence-electron chi connectivity index (χ1n) is 5.59. The molecule has 86 valence electrons. The summed E-state index contributed by atoms with van der Waals surface area (Å²) in [5, 5.41) is 7.29. The zero-order chi connectivity index (χ0) is 11.8. The molecule has 1 aromatic heterocycles. The second-order valence-electron chi connectivity index (χ2n) is 4.88. The van der Waals surface area contributed by atoms with Crippen molar-refractivity contribution in [1.29, 1.82) is 5.41 Å². The van der Waals surface area contributed by atoms with Crippen LogP contribution in [0.25, 0.3) is 0 Å². The Hall–Kier alpha value is -1.58. The molecule has 0 atom stereocenters. The van der Waals surface area contributed by atoms with E-state index in [4.69, 9.17) is 11.1 Å². The third-order valence-corrected chi connectivity index (χ3v) is 3.24. The maximum absolute atomic E-state index is 7.29. The molecule has 16 heavy (non-hydrogen) atoms. The summed E-state index contributed by atoms with van der Waals surface area (Å²) >= 11 is 0. The SMILES string of the molecule is CC1(C)CCCN1c1ccc(C(=N)N)nc1. The van der Waals surface area contributed by atoms with Crippen LogP contribution in [0.15, 0.2) is 18.3 Å². The first kappa shape index (κ1) is 10.9. The summed E-state index contributed by atoms with van der Waals surface area (Å²) in [7, 11) is 0. The number of aromatic nitrogens is 1. The third kappa shape index (κ3) is 1.87. The largest absolute Gasteiger partial charge is 0.382 e. The maximum Gasteiger partial charge on any atom is 0.141 e. The molecule has 0 unspecified atom stereocenters. The summed E-state index contributed by atoms with van der Waals surface area (Å²) in [4.78, 5) is 6.56. The highest BCUT2D eigenvalue weighted by molar-refractivity contribution is 5.93. The van der Waals surface area contributed by atoms with Crippen molar-refractivity contribution < 1.29 is 0 Å². The second-order valence-corrected chi connectivity index (χ2v) is 4.88. The molecule has 0 amide bonds. The van der Waals surface area contributed by atoms with E-state index < -0.39 is 0 Å². The number of nitrogens with one attached hydrogen (secondary N) is 1. The fourth-order valence-electron chi connectivity index (χ4n) is 2.29. The van der Waals surface area contributed by atoms with Crippen LogP contribution in [-0.2, 0) is 0 Å². The number of nitrogen functional groups attached to an aromatic ring is 1. The molecule has 2 heterocycles. The van der Waals surface area contributed by atoms with E-state index in [0.717, 1.165) is 12.2 Å². The Kier molecular flexibility index (Phi) is 2.58. The first-order chi connectivity index (χ1) is 7.50. The van der Waals surface area contributed by atoms with E-state index in [1.165, 1.54) is 12.8 Å². The Morgan fingerprint density at radius 1 is 1.50 bits per heavy atom. The van der Waals surface area contributed by atoms with Gasteiger partial charge in [-0.05, 0) is 38.8 Å². The van der Waals surface area contributed by atoms with Gasteiger partial charge in [0.25, 0.3) is 0 Å². The first-order valence-corrected chi connectivity index (χ1v) is 5.59. The molecule has 1 aromatic rings. The molecule has 4 heteroatoms. The predicted octanol–water partition coefficient (Wildman–Crippen LogP) is 1.74. The van der Waals surface area contributed by atoms with E-state index in [2.05, 4.69) is 23.7 Å². The van der Waals surface area contributed by atoms with Crippen LogP contribution in [0.5, 0.6) is 0 Å². The topological polar surface area (TPSA) is 66.0 Å². The summed E-state index contributed by atoms with van der Waals surface area (Å²) in [5.41, 5.74) is 7.25. The van der Waals surface area contributed by atoms with Crippen LogP contribution in [0, 0.1) is 5.41 Å². The lowest BCUT2D eigenvalue weighted by Crippen LogP contribution is -2.38. The molecular weight excluding hydrogens is 200 g/mol. The van der Waals surface area contributed by atoms with Gasteiger partial charge in [0.1, 0.15) is 11.5 Å². The van der Waals surface area contributed by atoms with E-state index in [-0.39, 0.29) is 11.4 Å². The van der Waals surface area contributed by atoms with Gasteiger partial charge < -0.3 is 10.6 Å². The molecule has 1 fully saturated rings. The molecule has 0 saturated carbocycles. The van der Waals surface area contributed by atoms with Gasteiger partial charge in [-0.25, -0.2) is 0 Å². The van der Waals surface area contributed by atoms with Crippen molar-refractivity contribution in [2.24, 2.45) is 5.73 Å². The van der Waals surface area contributed by atoms with Crippen molar-refractivity contribution in [2.75, 3.05) is 11.4 Å². The molecule has 0 spiro atoms. The van der Waals surface area contributed by atoms with Gasteiger partial charge >= 0.3 is 0 Å². The lowest BCUT2D eigenvalue weighted by molar-refractivity contribution is 0.517. The molecule has 0 bridgehead atoms. The number of hydrogen-bond acceptors (Lipinski definition) is 3. The minimum Gasteiger partial charge on any atom is -0.382 e. The standard InChI is InChI=1S/C12H18N4/c1-12(2)6-3-7-16(12)9-4-5-10(11(13)14)15-8-9/h4-5,8H,3,6-7H2,1-2H3,(H3,13,14). The van der Waals surface area contributed by atoms with E-state index in [1.807, 2.05) is 18.3 Å². The number of pyridine rings is 1. The molecule has 0 aromatic carbocycles. The van der Waals surface area contributed by atoms with E-state index in [0.29, 0.717) is 5.69 Å². The fraction of sp³-hybridized carbons (Fsp3) is 0.500. The minimum atomic E-state index is 0.0206. The monoisotopic (exact) mass is 218 g/mol. The number of anilines is 1. The number of nitrogens with zero attached hydrogens (tertiary/aromatic N) is 2. The maximum atomic E-state index is 7.29. The Balaban J connectivity index is 2.25. The van der Waals surface area contributed by atoms with E-state index >= 15 is 0 Å². The number of hydrogen-bond donors (Lipinski definition) is 2. The van der Waals surface area contributed by atoms with Gasteiger partial charge in [0.15, 0.2) is 0 Å². The summed E-state index contributed by atoms with van der Waals surface area (Å²) in [6.45, 7) is 5.58. The van der Waals surface area contributed by atoms with Crippen LogP contribution in [0.3, 0.4) is 0 Å². The molecular formula is C12H18N4. The Labute approximate surface area is 96.0 Å². The molecule has 0 radical (unpaired) electrons. The zero-order valence-electron chi connectivity index (χ0n) is 9.83. The van der Waals surface area contributed by atoms with Crippen LogP contribution in [0.2, 0.25) is 0 Å². The molecule has 1 aliphatic heterocycles. The highest BCUT2D eigenvalue weighted by atomic mass is 15.2. The molecule has 4 nitrogen and oxygen atoms in total. The van der Waals surface area contributed by atoms with Crippen molar-refractivity contribution in [1.82, 2.24) is 4.98 Å². The Morgan fingerprint density at radius 3 is 2.69 bits per heavy atom. The van der Waals surface area contributed by atoms with Crippen molar-refractivity contribution in [2.45, 2.75) is 32.2 Å². The molecule has 1 saturated heterocycles. The number of rotatable bonds is 2. The normalized spacial score (nSPS) is 18.8. The summed E-state index contributed by atoms with van der Waals surface area (Å²) < 4.78 is 0. The van der Waals surface area contributed by atoms with Crippen LogP contribution < -0.4 is 10.6 Å². The van der Waals surface area contributed by atoms with Gasteiger partial charge in [0.2, 0.25) is 0 Å². The Morgan fingerprint density at radius 2 is 2.25 bits per heavy atom. The smallest absolute Gasteiger partial charge is 0.141 e. The average molecular weight is 218 g/mol. The highest BCUT2D eigenvalue weighted by Crippen LogP contribution is 2.32. The van der Waals surface area contributed by atoms with E-state index in [9.17, 15) is 0 Å². The number of nitrogens with two attached hydrogens (primary N) is 1. The summed E-state index contributed by atoms with van der Waals surface area (Å²) in [6.07, 6.45) is 4.24. The van der Waals surface area contributed by atoms with Crippen molar-refractivity contribution >= 4 is 11.5 Å². The van der Waals surface area contributed by atoms with Gasteiger partial charge in [0, 0.05) is 12.1 Å². The zero-order valence-corrected chi connectivity index (χ0v) is 9.83. The average Bonchev–Trinajstić information content (AvgIpc) is 2.58. The number of amidine groups is 1. The van der Waals surface area contributed by atoms with Gasteiger partial charge in [0.05, 0.1) is 11.9 Å². The predicted molar refractivity (Wildman–Crippen MR) is 65.9 cm³/mol. The summed E-state index contributed by atoms with van der Waals surface area (Å²) in [5.74, 6) is 0.0206. The summed E-state index contributed by atoms with van der Waals surface area (Å²) in [6, 6.07) is 3.81. The van der Waals surface area contributed by atoms with Crippen molar-refractivity contribution in [3.63, 3.8) is 0 Å². The fourth-order valence-corrected chi connectivity index (χ4v) is 2.29. The van der Waals surface area contributed by atoms with E-state index in [1.54, 1.807) is 0 Å². The van der Waals surface area contributed by atoms with Gasteiger partial charge in [-0.1, -0.05) is 0 Å². The van der Waals surface area contributed by atoms with Gasteiger partial charge in [-0.15, -0.1) is 0 Å². The quantitative estimate of drug-likeness (QED) is 0.587. The van der Waals surface area contributed by atoms with Crippen LogP contribution in [-0.4, -0.2) is 22.9 Å².